The first-order chi connectivity index (χ1) is 14.8. The molecular weight excluding hydrogens is 417 g/mol. The predicted octanol–water partition coefficient (Wildman–Crippen LogP) is 4.15. The molecule has 1 fully saturated rings. The maximum absolute atomic E-state index is 15.1. The number of fused-ring (bicyclic) bond motifs is 1. The molecule has 3 rings (SSSR count). The molecule has 0 bridgehead atoms. The molecule has 1 aromatic carbocycles. The Hall–Kier alpha value is -3.23. The predicted molar refractivity (Wildman–Crippen MR) is 118 cm³/mol. The molecule has 1 amide bonds. The van der Waals surface area contributed by atoms with E-state index >= 15 is 4.39 Å². The van der Waals surface area contributed by atoms with E-state index in [2.05, 4.69) is 5.32 Å². The van der Waals surface area contributed by atoms with Gasteiger partial charge in [-0.05, 0) is 59.1 Å². The van der Waals surface area contributed by atoms with E-state index in [9.17, 15) is 19.5 Å². The molecule has 1 aliphatic carbocycles. The van der Waals surface area contributed by atoms with Crippen molar-refractivity contribution >= 4 is 28.7 Å². The van der Waals surface area contributed by atoms with Gasteiger partial charge in [-0.2, -0.15) is 0 Å². The minimum absolute atomic E-state index is 0.0109. The molecule has 1 aromatic heterocycles. The lowest BCUT2D eigenvalue weighted by atomic mass is 9.95. The molecule has 32 heavy (non-hydrogen) atoms. The molecule has 1 heterocycles. The molecule has 1 atom stereocenters. The summed E-state index contributed by atoms with van der Waals surface area (Å²) in [5, 5.41) is 20.5. The fourth-order valence-corrected chi connectivity index (χ4v) is 3.81. The summed E-state index contributed by atoms with van der Waals surface area (Å²) in [6, 6.07) is 0.563. The molecule has 0 aliphatic heterocycles. The molecular formula is C23H28FN3O5. The van der Waals surface area contributed by atoms with Crippen LogP contribution in [-0.4, -0.2) is 39.1 Å². The Morgan fingerprint density at radius 3 is 2.53 bits per heavy atom. The number of aromatic nitrogens is 1. The van der Waals surface area contributed by atoms with Crippen molar-refractivity contribution in [2.45, 2.75) is 71.6 Å². The second kappa shape index (κ2) is 8.37. The van der Waals surface area contributed by atoms with E-state index in [0.29, 0.717) is 11.1 Å². The first-order valence-electron chi connectivity index (χ1n) is 10.5. The van der Waals surface area contributed by atoms with E-state index in [0.717, 1.165) is 18.9 Å². The van der Waals surface area contributed by atoms with Crippen LogP contribution < -0.4 is 10.7 Å². The van der Waals surface area contributed by atoms with Crippen molar-refractivity contribution in [1.29, 1.82) is 5.41 Å². The summed E-state index contributed by atoms with van der Waals surface area (Å²) in [6.45, 7) is 8.53. The van der Waals surface area contributed by atoms with E-state index in [1.807, 2.05) is 0 Å². The van der Waals surface area contributed by atoms with Crippen LogP contribution >= 0.6 is 0 Å². The van der Waals surface area contributed by atoms with Crippen LogP contribution in [0, 0.1) is 18.2 Å². The third kappa shape index (κ3) is 4.81. The minimum Gasteiger partial charge on any atom is -0.477 e. The Bertz CT molecular complexity index is 1180. The smallest absolute Gasteiger partial charge is 0.407 e. The van der Waals surface area contributed by atoms with Crippen molar-refractivity contribution < 1.29 is 23.8 Å². The number of rotatable bonds is 6. The number of amides is 1. The summed E-state index contributed by atoms with van der Waals surface area (Å²) in [7, 11) is 0. The van der Waals surface area contributed by atoms with Gasteiger partial charge in [0.15, 0.2) is 0 Å². The summed E-state index contributed by atoms with van der Waals surface area (Å²) >= 11 is 0. The number of carbonyl (C=O) groups is 2. The van der Waals surface area contributed by atoms with Gasteiger partial charge in [-0.15, -0.1) is 0 Å². The second-order valence-corrected chi connectivity index (χ2v) is 9.30. The standard InChI is InChI=1S/C23H28FN3O5/c1-11(26-22(31)32-23(3,4)5)8-17(25)18-12(2)19-14(9-16(18)24)20(28)15(21(29)30)10-27(19)13-6-7-13/h9-11,13,25H,6-8H2,1-5H3,(H,26,31)(H,29,30). The minimum atomic E-state index is -1.36. The fraction of sp³-hybridized carbons (Fsp3) is 0.478. The molecule has 1 saturated carbocycles. The molecule has 9 heteroatoms. The molecule has 0 radical (unpaired) electrons. The zero-order chi connectivity index (χ0) is 24.0. The number of ether oxygens (including phenoxy) is 1. The van der Waals surface area contributed by atoms with Gasteiger partial charge in [0.2, 0.25) is 5.43 Å². The van der Waals surface area contributed by atoms with Crippen LogP contribution in [0.15, 0.2) is 17.1 Å². The third-order valence-electron chi connectivity index (χ3n) is 5.26. The molecule has 0 saturated heterocycles. The van der Waals surface area contributed by atoms with Crippen LogP contribution in [0.3, 0.4) is 0 Å². The van der Waals surface area contributed by atoms with Crippen LogP contribution in [0.25, 0.3) is 10.9 Å². The molecule has 1 aliphatic rings. The number of alkyl carbamates (subject to hydrolysis) is 1. The van der Waals surface area contributed by atoms with Crippen molar-refractivity contribution in [2.24, 2.45) is 0 Å². The maximum Gasteiger partial charge on any atom is 0.407 e. The summed E-state index contributed by atoms with van der Waals surface area (Å²) in [4.78, 5) is 36.2. The SMILES string of the molecule is Cc1c(C(=N)CC(C)NC(=O)OC(C)(C)C)c(F)cc2c(=O)c(C(=O)O)cn(C3CC3)c12. The van der Waals surface area contributed by atoms with Crippen LogP contribution in [0.5, 0.6) is 0 Å². The van der Waals surface area contributed by atoms with E-state index < -0.39 is 40.5 Å². The largest absolute Gasteiger partial charge is 0.477 e. The number of nitrogens with zero attached hydrogens (tertiary/aromatic N) is 1. The van der Waals surface area contributed by atoms with Gasteiger partial charge in [-0.1, -0.05) is 0 Å². The lowest BCUT2D eigenvalue weighted by Crippen LogP contribution is -2.38. The first kappa shape index (κ1) is 23.4. The maximum atomic E-state index is 15.1. The normalized spacial score (nSPS) is 14.8. The van der Waals surface area contributed by atoms with Gasteiger partial charge in [-0.25, -0.2) is 14.0 Å². The first-order valence-corrected chi connectivity index (χ1v) is 10.5. The van der Waals surface area contributed by atoms with Crippen molar-refractivity contribution in [3.05, 3.63) is 45.0 Å². The Morgan fingerprint density at radius 1 is 1.38 bits per heavy atom. The van der Waals surface area contributed by atoms with Gasteiger partial charge in [0.1, 0.15) is 17.0 Å². The fourth-order valence-electron chi connectivity index (χ4n) is 3.81. The van der Waals surface area contributed by atoms with Crippen molar-refractivity contribution in [3.8, 4) is 0 Å². The van der Waals surface area contributed by atoms with Gasteiger partial charge >= 0.3 is 12.1 Å². The van der Waals surface area contributed by atoms with Crippen LogP contribution in [0.2, 0.25) is 0 Å². The molecule has 172 valence electrons. The zero-order valence-electron chi connectivity index (χ0n) is 18.8. The summed E-state index contributed by atoms with van der Waals surface area (Å²) in [5.74, 6) is -2.13. The van der Waals surface area contributed by atoms with Crippen LogP contribution in [0.4, 0.5) is 9.18 Å². The highest BCUT2D eigenvalue weighted by atomic mass is 19.1. The summed E-state index contributed by atoms with van der Waals surface area (Å²) in [5.41, 5.74) is -0.966. The van der Waals surface area contributed by atoms with Gasteiger partial charge in [-0.3, -0.25) is 4.79 Å². The summed E-state index contributed by atoms with van der Waals surface area (Å²) in [6.07, 6.45) is 2.39. The van der Waals surface area contributed by atoms with Crippen molar-refractivity contribution in [3.63, 3.8) is 0 Å². The van der Waals surface area contributed by atoms with E-state index in [1.54, 1.807) is 39.2 Å². The lowest BCUT2D eigenvalue weighted by molar-refractivity contribution is 0.0509. The highest BCUT2D eigenvalue weighted by molar-refractivity contribution is 6.04. The topological polar surface area (TPSA) is 121 Å². The van der Waals surface area contributed by atoms with E-state index in [-0.39, 0.29) is 29.1 Å². The van der Waals surface area contributed by atoms with E-state index in [4.69, 9.17) is 10.1 Å². The Morgan fingerprint density at radius 2 is 2.00 bits per heavy atom. The number of carboxylic acids is 1. The monoisotopic (exact) mass is 445 g/mol. The zero-order valence-corrected chi connectivity index (χ0v) is 18.8. The van der Waals surface area contributed by atoms with Crippen LogP contribution in [-0.2, 0) is 4.74 Å². The number of carbonyl (C=O) groups excluding carboxylic acids is 1. The molecule has 3 N–H and O–H groups in total. The average Bonchev–Trinajstić information content (AvgIpc) is 3.45. The Kier molecular flexibility index (Phi) is 6.13. The average molecular weight is 445 g/mol. The molecule has 2 aromatic rings. The summed E-state index contributed by atoms with van der Waals surface area (Å²) < 4.78 is 22.0. The van der Waals surface area contributed by atoms with Gasteiger partial charge in [0, 0.05) is 41.4 Å². The second-order valence-electron chi connectivity index (χ2n) is 9.30. The van der Waals surface area contributed by atoms with Crippen LogP contribution in [0.1, 0.15) is 74.5 Å². The Balaban J connectivity index is 1.99. The number of aryl methyl sites for hydroxylation is 1. The highest BCUT2D eigenvalue weighted by Gasteiger charge is 2.29. The third-order valence-corrected chi connectivity index (χ3v) is 5.26. The van der Waals surface area contributed by atoms with Gasteiger partial charge in [0.05, 0.1) is 5.52 Å². The lowest BCUT2D eigenvalue weighted by Gasteiger charge is -2.22. The van der Waals surface area contributed by atoms with Gasteiger partial charge < -0.3 is 25.1 Å². The number of pyridine rings is 1. The number of nitrogens with one attached hydrogen (secondary N) is 2. The van der Waals surface area contributed by atoms with Crippen molar-refractivity contribution in [2.75, 3.05) is 0 Å². The number of carboxylic acid groups (broad SMARTS) is 1. The Labute approximate surface area is 184 Å². The highest BCUT2D eigenvalue weighted by Crippen LogP contribution is 2.38. The number of hydrogen-bond donors (Lipinski definition) is 3. The quantitative estimate of drug-likeness (QED) is 0.577. The number of halogens is 1. The number of hydrogen-bond acceptors (Lipinski definition) is 5. The van der Waals surface area contributed by atoms with Crippen molar-refractivity contribution in [1.82, 2.24) is 9.88 Å². The molecule has 1 unspecified atom stereocenters. The van der Waals surface area contributed by atoms with E-state index in [1.165, 1.54) is 6.20 Å². The number of benzene rings is 1. The molecule has 8 nitrogen and oxygen atoms in total. The molecule has 0 spiro atoms. The number of aromatic carboxylic acids is 1. The van der Waals surface area contributed by atoms with Gasteiger partial charge in [0.25, 0.3) is 0 Å².